The first-order valence-corrected chi connectivity index (χ1v) is 38.4. The van der Waals surface area contributed by atoms with Crippen LogP contribution < -0.4 is 59.0 Å². The minimum Gasteiger partial charge on any atom is -0.509 e. The van der Waals surface area contributed by atoms with Crippen LogP contribution in [0.15, 0.2) is 218 Å². The molecule has 0 aromatic heterocycles. The van der Waals surface area contributed by atoms with Crippen molar-refractivity contribution in [1.29, 1.82) is 0 Å². The number of hydrogen-bond acceptors (Lipinski definition) is 10. The Kier molecular flexibility index (Phi) is 17.4. The zero-order chi connectivity index (χ0) is 63.2. The van der Waals surface area contributed by atoms with Crippen molar-refractivity contribution in [3.8, 4) is 23.0 Å². The number of benzene rings is 11. The van der Waals surface area contributed by atoms with Crippen molar-refractivity contribution >= 4 is 118 Å². The standard InChI is InChI=1S/C80H70N8O2Si2.2Pt/c1-55-41-77-79(43-57(55)3)87(65-25-19-31-71(49-65)91(5,6)7)53-85(77)63-23-17-29-69(47-63)89-67-27-15-21-61(45-67)83-51-81(73-33-11-13-35-75(73)83)59-37-39-60(40-38-59)82-52-84(76-36-14-12-34-74(76)82)62-22-16-28-68(46-62)90-70-30-18-24-64(48-70)86-54-88(80-44-58(4)56(2)42-78(80)86)66-26-20-32-72(50-66)92(8,9)10;;/h11-44,49-54H,1-10H3;;/q-8;2*+4. The van der Waals surface area contributed by atoms with Crippen LogP contribution in [-0.4, -0.2) is 16.1 Å². The molecule has 0 radical (unpaired) electrons. The fourth-order valence-electron chi connectivity index (χ4n) is 12.4. The number of rotatable bonds is 14. The summed E-state index contributed by atoms with van der Waals surface area (Å²) in [6.45, 7) is 31.7. The van der Waals surface area contributed by atoms with Crippen LogP contribution in [0.3, 0.4) is 0 Å². The van der Waals surface area contributed by atoms with Crippen LogP contribution in [0.2, 0.25) is 39.3 Å². The largest absolute Gasteiger partial charge is 4.00 e. The summed E-state index contributed by atoms with van der Waals surface area (Å²) in [7, 11) is -3.10. The van der Waals surface area contributed by atoms with Crippen LogP contribution >= 0.6 is 0 Å². The van der Waals surface area contributed by atoms with Gasteiger partial charge in [0, 0.05) is 91.2 Å². The van der Waals surface area contributed by atoms with Crippen molar-refractivity contribution in [3.05, 3.63) is 292 Å². The van der Waals surface area contributed by atoms with Gasteiger partial charge in [-0.25, -0.2) is 0 Å². The van der Waals surface area contributed by atoms with Crippen LogP contribution in [0.1, 0.15) is 22.3 Å². The second-order valence-corrected chi connectivity index (χ2v) is 36.3. The van der Waals surface area contributed by atoms with E-state index in [9.17, 15) is 0 Å². The van der Waals surface area contributed by atoms with Gasteiger partial charge in [-0.1, -0.05) is 98.2 Å². The Labute approximate surface area is 585 Å². The van der Waals surface area contributed by atoms with Gasteiger partial charge in [0.2, 0.25) is 0 Å². The zero-order valence-electron chi connectivity index (χ0n) is 54.1. The summed E-state index contributed by atoms with van der Waals surface area (Å²) >= 11 is 0. The van der Waals surface area contributed by atoms with Crippen molar-refractivity contribution in [2.45, 2.75) is 67.0 Å². The molecule has 10 nitrogen and oxygen atoms in total. The van der Waals surface area contributed by atoms with Crippen LogP contribution in [0.5, 0.6) is 23.0 Å². The molecular weight excluding hydrogens is 1550 g/mol. The fourth-order valence-corrected chi connectivity index (χ4v) is 14.8. The number of aryl methyl sites for hydroxylation is 4. The van der Waals surface area contributed by atoms with Gasteiger partial charge in [0.15, 0.2) is 0 Å². The van der Waals surface area contributed by atoms with E-state index in [1.165, 1.54) is 32.6 Å². The van der Waals surface area contributed by atoms with Crippen molar-refractivity contribution in [1.82, 2.24) is 0 Å². The maximum atomic E-state index is 6.64. The maximum absolute atomic E-state index is 6.64. The maximum Gasteiger partial charge on any atom is 4.00 e. The quantitative estimate of drug-likeness (QED) is 0.0777. The number of fused-ring (bicyclic) bond motifs is 4. The predicted octanol–water partition coefficient (Wildman–Crippen LogP) is 20.4. The molecule has 94 heavy (non-hydrogen) atoms. The van der Waals surface area contributed by atoms with Gasteiger partial charge in [0.1, 0.15) is 0 Å². The van der Waals surface area contributed by atoms with Crippen LogP contribution in [0.4, 0.5) is 91.0 Å². The molecule has 15 rings (SSSR count). The summed E-state index contributed by atoms with van der Waals surface area (Å²) in [6, 6.07) is 91.4. The van der Waals surface area contributed by atoms with Gasteiger partial charge in [0.05, 0.1) is 16.1 Å². The van der Waals surface area contributed by atoms with E-state index in [-0.39, 0.29) is 42.1 Å². The van der Waals surface area contributed by atoms with Crippen molar-refractivity contribution < 1.29 is 51.6 Å². The van der Waals surface area contributed by atoms with Crippen LogP contribution in [0, 0.1) is 78.6 Å². The summed E-state index contributed by atoms with van der Waals surface area (Å²) in [5.74, 6) is 2.37. The molecule has 0 N–H and O–H groups in total. The summed E-state index contributed by atoms with van der Waals surface area (Å²) in [5.41, 5.74) is 21.4. The molecule has 0 bridgehead atoms. The van der Waals surface area contributed by atoms with E-state index in [4.69, 9.17) is 9.47 Å². The molecule has 0 atom stereocenters. The fraction of sp³-hybridized carbons (Fsp3) is 0.125. The van der Waals surface area contributed by atoms with E-state index in [0.29, 0.717) is 23.0 Å². The molecule has 0 fully saturated rings. The van der Waals surface area contributed by atoms with Gasteiger partial charge < -0.3 is 48.7 Å². The van der Waals surface area contributed by atoms with Gasteiger partial charge in [-0.2, -0.15) is 24.3 Å². The van der Waals surface area contributed by atoms with E-state index in [1.54, 1.807) is 0 Å². The SMILES string of the molecule is Cc1cc2c(cc1C)N(c1cccc([Si](C)(C)C)c1)[CH-]N2c1[c-]c(Oc2[c-]c(N3[CH-]N(c4ccc(N5[CH-]N(c6[c-]c(Oc7[c-]c(N8[CH-]N(c9cccc([Si](C)(C)C)c9)c9cc(C)c(C)cc98)ccc7)ccc6)c6ccccc65)cc4)c4ccccc43)ccc2)ccc1.[Pt+4].[Pt+4]. The minimum absolute atomic E-state index is 0. The number of hydrogen-bond donors (Lipinski definition) is 0. The number of nitrogens with zero attached hydrogens (tertiary/aromatic N) is 8. The minimum atomic E-state index is -1.55. The van der Waals surface area contributed by atoms with Crippen molar-refractivity contribution in [2.24, 2.45) is 0 Å². The molecule has 470 valence electrons. The van der Waals surface area contributed by atoms with Gasteiger partial charge in [0.25, 0.3) is 0 Å². The topological polar surface area (TPSA) is 44.4 Å². The first-order valence-electron chi connectivity index (χ1n) is 31.4. The normalized spacial score (nSPS) is 14.0. The second-order valence-electron chi connectivity index (χ2n) is 26.2. The first-order chi connectivity index (χ1) is 44.4. The molecule has 4 aliphatic rings. The van der Waals surface area contributed by atoms with E-state index in [1.807, 2.05) is 48.5 Å². The Hall–Kier alpha value is -8.77. The Balaban J connectivity index is 0.00000401. The summed E-state index contributed by atoms with van der Waals surface area (Å²) in [5, 5.41) is 2.84. The molecule has 0 unspecified atom stereocenters. The van der Waals surface area contributed by atoms with Crippen molar-refractivity contribution in [2.75, 3.05) is 39.2 Å². The Bertz CT molecular complexity index is 4370. The molecule has 11 aromatic rings. The average Bonchev–Trinajstić information content (AvgIpc) is 1.63. The van der Waals surface area contributed by atoms with Gasteiger partial charge in [-0.15, -0.1) is 122 Å². The first kappa shape index (κ1) is 64.0. The Morgan fingerprint density at radius 1 is 0.266 bits per heavy atom. The molecule has 4 heterocycles. The van der Waals surface area contributed by atoms with Crippen LogP contribution in [0.25, 0.3) is 0 Å². The summed E-state index contributed by atoms with van der Waals surface area (Å²) in [6.07, 6.45) is 0. The molecule has 0 saturated heterocycles. The predicted molar refractivity (Wildman–Crippen MR) is 386 cm³/mol. The van der Waals surface area contributed by atoms with E-state index >= 15 is 0 Å². The van der Waals surface area contributed by atoms with Gasteiger partial charge in [-0.3, -0.25) is 0 Å². The Morgan fingerprint density at radius 2 is 0.521 bits per heavy atom. The van der Waals surface area contributed by atoms with E-state index < -0.39 is 16.1 Å². The third-order valence-electron chi connectivity index (χ3n) is 17.8. The molecule has 0 aliphatic carbocycles. The zero-order valence-corrected chi connectivity index (χ0v) is 60.7. The summed E-state index contributed by atoms with van der Waals surface area (Å²) < 4.78 is 13.3. The molecule has 4 aliphatic heterocycles. The van der Waals surface area contributed by atoms with Crippen LogP contribution in [-0.2, 0) is 42.1 Å². The van der Waals surface area contributed by atoms with Gasteiger partial charge in [-0.05, 0) is 147 Å². The molecule has 14 heteroatoms. The van der Waals surface area contributed by atoms with E-state index in [0.717, 1.165) is 91.0 Å². The molecule has 0 saturated carbocycles. The number of para-hydroxylation sites is 4. The van der Waals surface area contributed by atoms with E-state index in [2.05, 4.69) is 327 Å². The molecule has 0 amide bonds. The summed E-state index contributed by atoms with van der Waals surface area (Å²) in [4.78, 5) is 17.8. The van der Waals surface area contributed by atoms with Gasteiger partial charge >= 0.3 is 42.1 Å². The number of anilines is 16. The Morgan fingerprint density at radius 3 is 0.819 bits per heavy atom. The second kappa shape index (κ2) is 25.5. The monoisotopic (exact) mass is 1620 g/mol. The number of ether oxygens (including phenoxy) is 2. The molecule has 11 aromatic carbocycles. The third kappa shape index (κ3) is 12.1. The molecular formula is C80H70N8O2Pt2Si2. The smallest absolute Gasteiger partial charge is 0.509 e. The molecule has 0 spiro atoms. The third-order valence-corrected chi connectivity index (χ3v) is 21.9. The van der Waals surface area contributed by atoms with Crippen molar-refractivity contribution in [3.63, 3.8) is 0 Å². The average molecular weight is 1620 g/mol.